The second-order valence-corrected chi connectivity index (χ2v) is 5.74. The number of thiophene rings is 1. The molecule has 0 unspecified atom stereocenters. The average molecular weight is 263 g/mol. The van der Waals surface area contributed by atoms with Crippen LogP contribution in [0.3, 0.4) is 0 Å². The van der Waals surface area contributed by atoms with Gasteiger partial charge in [-0.05, 0) is 30.9 Å². The lowest BCUT2D eigenvalue weighted by atomic mass is 9.90. The first kappa shape index (κ1) is 13.1. The van der Waals surface area contributed by atoms with Gasteiger partial charge in [-0.15, -0.1) is 0 Å². The molecule has 0 bridgehead atoms. The summed E-state index contributed by atoms with van der Waals surface area (Å²) in [5.41, 5.74) is 0. The van der Waals surface area contributed by atoms with Gasteiger partial charge in [0.15, 0.2) is 10.8 Å². The molecule has 0 radical (unpaired) electrons. The van der Waals surface area contributed by atoms with Gasteiger partial charge >= 0.3 is 0 Å². The van der Waals surface area contributed by atoms with Gasteiger partial charge in [0.05, 0.1) is 24.0 Å². The van der Waals surface area contributed by atoms with E-state index in [9.17, 15) is 4.79 Å². The van der Waals surface area contributed by atoms with Gasteiger partial charge in [0.2, 0.25) is 0 Å². The molecule has 0 aromatic carbocycles. The zero-order valence-electron chi connectivity index (χ0n) is 10.4. The van der Waals surface area contributed by atoms with Crippen LogP contribution in [0.5, 0.6) is 5.06 Å². The van der Waals surface area contributed by atoms with Crippen molar-refractivity contribution in [3.05, 3.63) is 17.0 Å². The van der Waals surface area contributed by atoms with Gasteiger partial charge in [0.1, 0.15) is 0 Å². The van der Waals surface area contributed by atoms with Gasteiger partial charge in [0, 0.05) is 0 Å². The van der Waals surface area contributed by atoms with Crippen LogP contribution in [0.4, 0.5) is 0 Å². The number of carbonyl (C=O) groups excluding carboxylic acids is 1. The molecule has 3 nitrogen and oxygen atoms in total. The fourth-order valence-corrected chi connectivity index (χ4v) is 3.06. The number of hydrogen-bond donors (Lipinski definition) is 0. The minimum Gasteiger partial charge on any atom is -0.484 e. The Balaban J connectivity index is 1.83. The number of ketones is 1. The maximum absolute atomic E-state index is 11.5. The van der Waals surface area contributed by atoms with E-state index in [1.807, 2.05) is 12.1 Å². The Morgan fingerprint density at radius 1 is 1.39 bits per heavy atom. The number of carbonyl (C=O) groups is 1. The van der Waals surface area contributed by atoms with Crippen LogP contribution in [-0.4, -0.2) is 12.4 Å². The largest absolute Gasteiger partial charge is 0.484 e. The monoisotopic (exact) mass is 263 g/mol. The van der Waals surface area contributed by atoms with Gasteiger partial charge in [0.25, 0.3) is 0 Å². The maximum atomic E-state index is 11.5. The summed E-state index contributed by atoms with van der Waals surface area (Å²) in [6.45, 7) is 0.756. The molecule has 1 heterocycles. The van der Waals surface area contributed by atoms with E-state index in [4.69, 9.17) is 10.00 Å². The molecule has 1 aromatic rings. The highest BCUT2D eigenvalue weighted by Gasteiger charge is 2.15. The zero-order chi connectivity index (χ0) is 12.8. The van der Waals surface area contributed by atoms with Crippen molar-refractivity contribution in [3.8, 4) is 11.1 Å². The van der Waals surface area contributed by atoms with Crippen LogP contribution in [0.1, 0.15) is 48.2 Å². The van der Waals surface area contributed by atoms with Crippen molar-refractivity contribution in [2.24, 2.45) is 5.92 Å². The standard InChI is InChI=1S/C14H17NO2S/c15-9-8-12(16)13-6-7-14(18-13)17-10-11-4-2-1-3-5-11/h6-7,11H,1-5,8,10H2. The molecule has 0 N–H and O–H groups in total. The van der Waals surface area contributed by atoms with Crippen molar-refractivity contribution in [2.45, 2.75) is 38.5 Å². The van der Waals surface area contributed by atoms with Crippen LogP contribution >= 0.6 is 11.3 Å². The van der Waals surface area contributed by atoms with Crippen molar-refractivity contribution >= 4 is 17.1 Å². The van der Waals surface area contributed by atoms with Crippen molar-refractivity contribution in [2.75, 3.05) is 6.61 Å². The molecule has 96 valence electrons. The minimum atomic E-state index is -0.116. The first-order valence-electron chi connectivity index (χ1n) is 6.42. The number of nitriles is 1. The second kappa shape index (κ2) is 6.55. The van der Waals surface area contributed by atoms with Crippen LogP contribution in [0.2, 0.25) is 0 Å². The minimum absolute atomic E-state index is 0.0530. The fraction of sp³-hybridized carbons (Fsp3) is 0.571. The van der Waals surface area contributed by atoms with E-state index in [0.29, 0.717) is 10.8 Å². The molecule has 0 aliphatic heterocycles. The summed E-state index contributed by atoms with van der Waals surface area (Å²) in [4.78, 5) is 12.1. The first-order chi connectivity index (χ1) is 8.79. The molecule has 1 fully saturated rings. The molecular formula is C14H17NO2S. The number of nitrogens with zero attached hydrogens (tertiary/aromatic N) is 1. The van der Waals surface area contributed by atoms with Crippen LogP contribution in [-0.2, 0) is 0 Å². The summed E-state index contributed by atoms with van der Waals surface area (Å²) < 4.78 is 5.74. The van der Waals surface area contributed by atoms with Gasteiger partial charge in [-0.1, -0.05) is 30.6 Å². The number of Topliss-reactive ketones (excluding diaryl/α,β-unsaturated/α-hetero) is 1. The second-order valence-electron chi connectivity index (χ2n) is 4.69. The summed E-state index contributed by atoms with van der Waals surface area (Å²) in [5, 5.41) is 9.27. The number of ether oxygens (including phenoxy) is 1. The number of hydrogen-bond acceptors (Lipinski definition) is 4. The Labute approximate surface area is 111 Å². The normalized spacial score (nSPS) is 16.2. The van der Waals surface area contributed by atoms with Gasteiger partial charge in [-0.3, -0.25) is 4.79 Å². The van der Waals surface area contributed by atoms with Gasteiger partial charge < -0.3 is 4.74 Å². The molecule has 1 saturated carbocycles. The van der Waals surface area contributed by atoms with Crippen molar-refractivity contribution in [1.82, 2.24) is 0 Å². The maximum Gasteiger partial charge on any atom is 0.186 e. The first-order valence-corrected chi connectivity index (χ1v) is 7.24. The summed E-state index contributed by atoms with van der Waals surface area (Å²) in [5.74, 6) is 0.550. The quantitative estimate of drug-likeness (QED) is 0.759. The average Bonchev–Trinajstić information content (AvgIpc) is 2.87. The number of rotatable bonds is 5. The van der Waals surface area contributed by atoms with Crippen LogP contribution in [0.25, 0.3) is 0 Å². The Morgan fingerprint density at radius 2 is 2.17 bits per heavy atom. The molecule has 0 saturated heterocycles. The predicted octanol–water partition coefficient (Wildman–Crippen LogP) is 3.80. The van der Waals surface area contributed by atoms with Crippen molar-refractivity contribution < 1.29 is 9.53 Å². The molecule has 1 aliphatic rings. The Kier molecular flexibility index (Phi) is 4.77. The Bertz CT molecular complexity index is 441. The lowest BCUT2D eigenvalue weighted by Crippen LogP contribution is -2.14. The van der Waals surface area contributed by atoms with Crippen LogP contribution < -0.4 is 4.74 Å². The molecule has 18 heavy (non-hydrogen) atoms. The highest BCUT2D eigenvalue weighted by Crippen LogP contribution is 2.28. The van der Waals surface area contributed by atoms with Gasteiger partial charge in [-0.2, -0.15) is 5.26 Å². The summed E-state index contributed by atoms with van der Waals surface area (Å²) in [6, 6.07) is 5.46. The van der Waals surface area contributed by atoms with Crippen LogP contribution in [0, 0.1) is 17.2 Å². The van der Waals surface area contributed by atoms with E-state index in [0.717, 1.165) is 11.7 Å². The fourth-order valence-electron chi connectivity index (χ4n) is 2.26. The van der Waals surface area contributed by atoms with E-state index in [1.165, 1.54) is 43.4 Å². The van der Waals surface area contributed by atoms with Crippen LogP contribution in [0.15, 0.2) is 12.1 Å². The molecule has 1 aliphatic carbocycles. The lowest BCUT2D eigenvalue weighted by molar-refractivity contribution is 0.100. The highest BCUT2D eigenvalue weighted by atomic mass is 32.1. The SMILES string of the molecule is N#CCC(=O)c1ccc(OCC2CCCCC2)s1. The van der Waals surface area contributed by atoms with E-state index < -0.39 is 0 Å². The van der Waals surface area contributed by atoms with Crippen molar-refractivity contribution in [1.29, 1.82) is 5.26 Å². The molecule has 1 aromatic heterocycles. The van der Waals surface area contributed by atoms with E-state index in [2.05, 4.69) is 0 Å². The van der Waals surface area contributed by atoms with E-state index >= 15 is 0 Å². The summed E-state index contributed by atoms with van der Waals surface area (Å²) >= 11 is 1.35. The third kappa shape index (κ3) is 3.58. The summed E-state index contributed by atoms with van der Waals surface area (Å²) in [7, 11) is 0. The molecular weight excluding hydrogens is 246 g/mol. The highest BCUT2D eigenvalue weighted by molar-refractivity contribution is 7.15. The third-order valence-corrected chi connectivity index (χ3v) is 4.32. The van der Waals surface area contributed by atoms with E-state index in [1.54, 1.807) is 6.07 Å². The van der Waals surface area contributed by atoms with Gasteiger partial charge in [-0.25, -0.2) is 0 Å². The predicted molar refractivity (Wildman–Crippen MR) is 70.9 cm³/mol. The molecule has 0 atom stereocenters. The molecule has 0 spiro atoms. The molecule has 0 amide bonds. The lowest BCUT2D eigenvalue weighted by Gasteiger charge is -2.21. The third-order valence-electron chi connectivity index (χ3n) is 3.28. The van der Waals surface area contributed by atoms with E-state index in [-0.39, 0.29) is 12.2 Å². The Hall–Kier alpha value is -1.34. The summed E-state index contributed by atoms with van der Waals surface area (Å²) in [6.07, 6.45) is 6.43. The zero-order valence-corrected chi connectivity index (χ0v) is 11.2. The Morgan fingerprint density at radius 3 is 2.89 bits per heavy atom. The topological polar surface area (TPSA) is 50.1 Å². The smallest absolute Gasteiger partial charge is 0.186 e. The molecule has 2 rings (SSSR count). The van der Waals surface area contributed by atoms with Crippen molar-refractivity contribution in [3.63, 3.8) is 0 Å². The molecule has 4 heteroatoms.